The molecule has 2 aliphatic rings. The Morgan fingerprint density at radius 1 is 1.09 bits per heavy atom. The van der Waals surface area contributed by atoms with Crippen molar-refractivity contribution in [1.29, 1.82) is 0 Å². The second-order valence-electron chi connectivity index (χ2n) is 7.79. The lowest BCUT2D eigenvalue weighted by Crippen LogP contribution is -2.38. The highest BCUT2D eigenvalue weighted by atomic mass is 32.2. The Hall–Kier alpha value is -2.62. The van der Waals surface area contributed by atoms with Gasteiger partial charge in [0, 0.05) is 43.8 Å². The summed E-state index contributed by atoms with van der Waals surface area (Å²) >= 11 is 1.66. The van der Waals surface area contributed by atoms with E-state index in [0.29, 0.717) is 25.2 Å². The number of carbonyl (C=O) groups excluding carboxylic acids is 2. The van der Waals surface area contributed by atoms with Crippen LogP contribution >= 0.6 is 11.8 Å². The molecule has 3 amide bonds. The first-order valence-corrected chi connectivity index (χ1v) is 12.0. The summed E-state index contributed by atoms with van der Waals surface area (Å²) in [6, 6.07) is 11.0. The van der Waals surface area contributed by atoms with Crippen LogP contribution in [0.25, 0.3) is 0 Å². The minimum atomic E-state index is -0.176. The average Bonchev–Trinajstić information content (AvgIpc) is 2.83. The van der Waals surface area contributed by atoms with Crippen molar-refractivity contribution >= 4 is 35.1 Å². The molecule has 0 unspecified atom stereocenters. The Morgan fingerprint density at radius 2 is 1.91 bits per heavy atom. The summed E-state index contributed by atoms with van der Waals surface area (Å²) in [5.41, 5.74) is 2.45. The smallest absolute Gasteiger partial charge is 0.326 e. The van der Waals surface area contributed by atoms with Gasteiger partial charge in [-0.15, -0.1) is 11.8 Å². The van der Waals surface area contributed by atoms with Crippen LogP contribution in [0.15, 0.2) is 47.6 Å². The number of benzene rings is 1. The van der Waals surface area contributed by atoms with Gasteiger partial charge in [-0.3, -0.25) is 14.6 Å². The Bertz CT molecular complexity index is 918. The first-order valence-electron chi connectivity index (χ1n) is 11.0. The van der Waals surface area contributed by atoms with E-state index in [4.69, 9.17) is 4.74 Å². The van der Waals surface area contributed by atoms with Gasteiger partial charge in [-0.1, -0.05) is 12.1 Å². The number of ether oxygens (including phenoxy) is 1. The zero-order valence-electron chi connectivity index (χ0n) is 18.1. The summed E-state index contributed by atoms with van der Waals surface area (Å²) in [7, 11) is 0. The predicted octanol–water partition coefficient (Wildman–Crippen LogP) is 2.61. The molecule has 1 aromatic heterocycles. The molecule has 3 heterocycles. The van der Waals surface area contributed by atoms with Crippen LogP contribution in [0, 0.1) is 0 Å². The van der Waals surface area contributed by atoms with E-state index in [-0.39, 0.29) is 11.9 Å². The predicted molar refractivity (Wildman–Crippen MR) is 126 cm³/mol. The quantitative estimate of drug-likeness (QED) is 0.624. The fraction of sp³-hybridized carbons (Fsp3) is 0.435. The first-order chi connectivity index (χ1) is 15.7. The van der Waals surface area contributed by atoms with E-state index < -0.39 is 0 Å². The number of aromatic nitrogens is 1. The summed E-state index contributed by atoms with van der Waals surface area (Å²) in [5, 5.41) is 6.81. The van der Waals surface area contributed by atoms with Crippen LogP contribution in [0.4, 0.5) is 16.2 Å². The second kappa shape index (κ2) is 11.3. The van der Waals surface area contributed by atoms with Gasteiger partial charge in [-0.2, -0.15) is 0 Å². The summed E-state index contributed by atoms with van der Waals surface area (Å²) in [6.07, 6.45) is 3.00. The molecular formula is C23H29N5O3S. The molecule has 1 aromatic carbocycles. The molecule has 2 N–H and O–H groups in total. The second-order valence-corrected chi connectivity index (χ2v) is 8.87. The van der Waals surface area contributed by atoms with Crippen LogP contribution in [-0.2, 0) is 16.0 Å². The Balaban J connectivity index is 1.21. The molecule has 1 fully saturated rings. The van der Waals surface area contributed by atoms with Crippen LogP contribution in [0.2, 0.25) is 0 Å². The number of pyridine rings is 1. The largest absolute Gasteiger partial charge is 0.379 e. The third-order valence-corrected chi connectivity index (χ3v) is 6.46. The van der Waals surface area contributed by atoms with E-state index in [9.17, 15) is 9.59 Å². The van der Waals surface area contributed by atoms with Crippen molar-refractivity contribution in [2.24, 2.45) is 0 Å². The van der Waals surface area contributed by atoms with Crippen LogP contribution in [-0.4, -0.2) is 73.5 Å². The standard InChI is InChI=1S/C23H29N5O3S/c29-21(24-9-2-10-27-11-14-31-15-12-27)17-18-4-6-19(7-5-18)26-23(30)28-13-16-32-22-20(28)3-1-8-25-22/h1,3-8H,2,9-17H2,(H,24,29)(H,26,30). The van der Waals surface area contributed by atoms with Crippen molar-refractivity contribution < 1.29 is 14.3 Å². The lowest BCUT2D eigenvalue weighted by atomic mass is 10.1. The highest BCUT2D eigenvalue weighted by Gasteiger charge is 2.23. The van der Waals surface area contributed by atoms with Gasteiger partial charge in [-0.25, -0.2) is 9.78 Å². The number of carbonyl (C=O) groups is 2. The maximum Gasteiger partial charge on any atom is 0.326 e. The topological polar surface area (TPSA) is 86.8 Å². The van der Waals surface area contributed by atoms with E-state index in [1.54, 1.807) is 22.9 Å². The van der Waals surface area contributed by atoms with Gasteiger partial charge >= 0.3 is 6.03 Å². The number of thioether (sulfide) groups is 1. The number of nitrogens with zero attached hydrogens (tertiary/aromatic N) is 3. The monoisotopic (exact) mass is 455 g/mol. The molecule has 8 nitrogen and oxygen atoms in total. The number of fused-ring (bicyclic) bond motifs is 1. The third-order valence-electron chi connectivity index (χ3n) is 5.49. The van der Waals surface area contributed by atoms with Crippen LogP contribution < -0.4 is 15.5 Å². The summed E-state index contributed by atoms with van der Waals surface area (Å²) in [4.78, 5) is 33.4. The average molecular weight is 456 g/mol. The lowest BCUT2D eigenvalue weighted by molar-refractivity contribution is -0.120. The fourth-order valence-corrected chi connectivity index (χ4v) is 4.69. The minimum Gasteiger partial charge on any atom is -0.379 e. The molecule has 0 atom stereocenters. The van der Waals surface area contributed by atoms with Gasteiger partial charge in [0.25, 0.3) is 0 Å². The van der Waals surface area contributed by atoms with Gasteiger partial charge in [0.1, 0.15) is 5.03 Å². The van der Waals surface area contributed by atoms with Gasteiger partial charge < -0.3 is 15.4 Å². The number of urea groups is 1. The number of morpholine rings is 1. The number of nitrogens with one attached hydrogen (secondary N) is 2. The van der Waals surface area contributed by atoms with Gasteiger partial charge in [0.05, 0.1) is 25.3 Å². The molecule has 4 rings (SSSR count). The van der Waals surface area contributed by atoms with Crippen LogP contribution in [0.3, 0.4) is 0 Å². The molecule has 0 spiro atoms. The summed E-state index contributed by atoms with van der Waals surface area (Å²) in [5.74, 6) is 0.830. The van der Waals surface area contributed by atoms with Gasteiger partial charge in [-0.05, 0) is 42.8 Å². The zero-order valence-corrected chi connectivity index (χ0v) is 18.9. The number of hydrogen-bond donors (Lipinski definition) is 2. The van der Waals surface area contributed by atoms with Crippen LogP contribution in [0.1, 0.15) is 12.0 Å². The van der Waals surface area contributed by atoms with E-state index in [0.717, 1.165) is 61.3 Å². The number of hydrogen-bond acceptors (Lipinski definition) is 6. The van der Waals surface area contributed by atoms with Crippen molar-refractivity contribution in [1.82, 2.24) is 15.2 Å². The van der Waals surface area contributed by atoms with Crippen molar-refractivity contribution in [3.05, 3.63) is 48.2 Å². The molecule has 0 saturated carbocycles. The summed E-state index contributed by atoms with van der Waals surface area (Å²) in [6.45, 7) is 5.82. The van der Waals surface area contributed by atoms with Gasteiger partial charge in [0.2, 0.25) is 5.91 Å². The van der Waals surface area contributed by atoms with Crippen LogP contribution in [0.5, 0.6) is 0 Å². The number of rotatable bonds is 7. The van der Waals surface area contributed by atoms with Crippen molar-refractivity contribution in [3.8, 4) is 0 Å². The Labute approximate surface area is 192 Å². The highest BCUT2D eigenvalue weighted by molar-refractivity contribution is 7.99. The van der Waals surface area contributed by atoms with Crippen molar-refractivity contribution in [2.75, 3.05) is 61.9 Å². The van der Waals surface area contributed by atoms with Gasteiger partial charge in [0.15, 0.2) is 0 Å². The molecule has 170 valence electrons. The molecule has 9 heteroatoms. The maximum atomic E-state index is 12.8. The normalized spacial score (nSPS) is 16.3. The third kappa shape index (κ3) is 6.21. The molecular weight excluding hydrogens is 426 g/mol. The highest BCUT2D eigenvalue weighted by Crippen LogP contribution is 2.32. The van der Waals surface area contributed by atoms with E-state index >= 15 is 0 Å². The fourth-order valence-electron chi connectivity index (χ4n) is 3.76. The minimum absolute atomic E-state index is 0.0127. The summed E-state index contributed by atoms with van der Waals surface area (Å²) < 4.78 is 5.34. The molecule has 2 aromatic rings. The number of amides is 3. The SMILES string of the molecule is O=C(Cc1ccc(NC(=O)N2CCSc3ncccc32)cc1)NCCCN1CCOCC1. The van der Waals surface area contributed by atoms with Crippen molar-refractivity contribution in [3.63, 3.8) is 0 Å². The maximum absolute atomic E-state index is 12.8. The Kier molecular flexibility index (Phi) is 7.97. The first kappa shape index (κ1) is 22.6. The molecule has 0 bridgehead atoms. The molecule has 0 radical (unpaired) electrons. The molecule has 1 saturated heterocycles. The van der Waals surface area contributed by atoms with E-state index in [2.05, 4.69) is 20.5 Å². The number of anilines is 2. The molecule has 2 aliphatic heterocycles. The van der Waals surface area contributed by atoms with Crippen molar-refractivity contribution in [2.45, 2.75) is 17.9 Å². The lowest BCUT2D eigenvalue weighted by Gasteiger charge is -2.28. The molecule has 32 heavy (non-hydrogen) atoms. The van der Waals surface area contributed by atoms with E-state index in [1.165, 1.54) is 0 Å². The van der Waals surface area contributed by atoms with E-state index in [1.807, 2.05) is 36.4 Å². The molecule has 0 aliphatic carbocycles. The Morgan fingerprint density at radius 3 is 2.72 bits per heavy atom. The zero-order chi connectivity index (χ0) is 22.2.